The Morgan fingerprint density at radius 1 is 1.24 bits per heavy atom. The van der Waals surface area contributed by atoms with Crippen LogP contribution in [0.5, 0.6) is 0 Å². The van der Waals surface area contributed by atoms with Gasteiger partial charge in [0.1, 0.15) is 0 Å². The maximum Gasteiger partial charge on any atom is 0.307 e. The van der Waals surface area contributed by atoms with Gasteiger partial charge in [0.25, 0.3) is 0 Å². The number of H-pyrrole nitrogens is 1. The number of aromatic amines is 1. The number of para-hydroxylation sites is 1. The van der Waals surface area contributed by atoms with Gasteiger partial charge in [-0.2, -0.15) is 0 Å². The van der Waals surface area contributed by atoms with Crippen molar-refractivity contribution in [2.24, 2.45) is 11.8 Å². The fourth-order valence-electron chi connectivity index (χ4n) is 2.26. The zero-order valence-corrected chi connectivity index (χ0v) is 12.2. The topological polar surface area (TPSA) is 82.2 Å². The quantitative estimate of drug-likeness (QED) is 0.762. The Hall–Kier alpha value is -2.30. The molecule has 1 aromatic heterocycles. The maximum atomic E-state index is 11.9. The molecule has 0 spiro atoms. The third-order valence-electron chi connectivity index (χ3n) is 3.92. The number of amides is 1. The first-order valence-corrected chi connectivity index (χ1v) is 7.06. The average Bonchev–Trinajstić information content (AvgIpc) is 2.89. The molecule has 2 aromatic rings. The highest BCUT2D eigenvalue weighted by atomic mass is 16.4. The summed E-state index contributed by atoms with van der Waals surface area (Å²) in [6.45, 7) is 3.68. The second-order valence-corrected chi connectivity index (χ2v) is 5.32. The monoisotopic (exact) mass is 288 g/mol. The highest BCUT2D eigenvalue weighted by molar-refractivity contribution is 5.85. The summed E-state index contributed by atoms with van der Waals surface area (Å²) in [6.07, 6.45) is 2.66. The number of aromatic nitrogens is 1. The van der Waals surface area contributed by atoms with E-state index in [4.69, 9.17) is 5.11 Å². The van der Waals surface area contributed by atoms with E-state index in [1.54, 1.807) is 13.8 Å². The van der Waals surface area contributed by atoms with Crippen LogP contribution >= 0.6 is 0 Å². The number of carboxylic acids is 1. The molecule has 0 fully saturated rings. The van der Waals surface area contributed by atoms with Crippen LogP contribution in [-0.2, 0) is 16.0 Å². The Labute approximate surface area is 123 Å². The number of rotatable bonds is 6. The van der Waals surface area contributed by atoms with Crippen molar-refractivity contribution in [1.29, 1.82) is 0 Å². The van der Waals surface area contributed by atoms with E-state index in [1.165, 1.54) is 0 Å². The highest BCUT2D eigenvalue weighted by Crippen LogP contribution is 2.18. The highest BCUT2D eigenvalue weighted by Gasteiger charge is 2.25. The minimum absolute atomic E-state index is 0.218. The summed E-state index contributed by atoms with van der Waals surface area (Å²) in [4.78, 5) is 26.0. The zero-order valence-electron chi connectivity index (χ0n) is 12.2. The van der Waals surface area contributed by atoms with Gasteiger partial charge in [-0.25, -0.2) is 0 Å². The molecule has 2 unspecified atom stereocenters. The van der Waals surface area contributed by atoms with Crippen LogP contribution in [0.25, 0.3) is 10.9 Å². The number of hydrogen-bond acceptors (Lipinski definition) is 2. The van der Waals surface area contributed by atoms with Gasteiger partial charge >= 0.3 is 5.97 Å². The first-order chi connectivity index (χ1) is 10.0. The van der Waals surface area contributed by atoms with Crippen LogP contribution in [0, 0.1) is 11.8 Å². The maximum absolute atomic E-state index is 11.9. The van der Waals surface area contributed by atoms with Crippen molar-refractivity contribution in [1.82, 2.24) is 10.3 Å². The van der Waals surface area contributed by atoms with Crippen LogP contribution in [0.15, 0.2) is 30.5 Å². The molecule has 1 heterocycles. The Morgan fingerprint density at radius 2 is 1.95 bits per heavy atom. The van der Waals surface area contributed by atoms with E-state index in [1.807, 2.05) is 30.5 Å². The number of aliphatic carboxylic acids is 1. The molecule has 1 aromatic carbocycles. The predicted octanol–water partition coefficient (Wildman–Crippen LogP) is 2.18. The second kappa shape index (κ2) is 6.43. The SMILES string of the molecule is CC(C(=O)O)C(C)C(=O)NCCc1c[nH]c2ccccc12. The summed E-state index contributed by atoms with van der Waals surface area (Å²) in [5.74, 6) is -2.39. The number of carbonyl (C=O) groups is 2. The molecule has 0 bridgehead atoms. The van der Waals surface area contributed by atoms with Crippen molar-refractivity contribution in [2.45, 2.75) is 20.3 Å². The number of carbonyl (C=O) groups excluding carboxylic acids is 1. The molecule has 0 aliphatic heterocycles. The Kier molecular flexibility index (Phi) is 4.62. The lowest BCUT2D eigenvalue weighted by Crippen LogP contribution is -2.36. The van der Waals surface area contributed by atoms with E-state index in [9.17, 15) is 9.59 Å². The standard InChI is InChI=1S/C16H20N2O3/c1-10(11(2)16(20)21)15(19)17-8-7-12-9-18-14-6-4-3-5-13(12)14/h3-6,9-11,18H,7-8H2,1-2H3,(H,17,19)(H,20,21). The molecule has 1 amide bonds. The van der Waals surface area contributed by atoms with E-state index in [2.05, 4.69) is 10.3 Å². The van der Waals surface area contributed by atoms with Crippen LogP contribution in [0.4, 0.5) is 0 Å². The summed E-state index contributed by atoms with van der Waals surface area (Å²) in [5.41, 5.74) is 2.22. The van der Waals surface area contributed by atoms with Gasteiger partial charge in [-0.1, -0.05) is 32.0 Å². The predicted molar refractivity (Wildman–Crippen MR) is 81.0 cm³/mol. The van der Waals surface area contributed by atoms with Gasteiger partial charge in [0.15, 0.2) is 0 Å². The fourth-order valence-corrected chi connectivity index (χ4v) is 2.26. The Balaban J connectivity index is 1.89. The molecule has 3 N–H and O–H groups in total. The lowest BCUT2D eigenvalue weighted by molar-refractivity contribution is -0.146. The minimum atomic E-state index is -0.950. The zero-order chi connectivity index (χ0) is 15.4. The second-order valence-electron chi connectivity index (χ2n) is 5.32. The lowest BCUT2D eigenvalue weighted by atomic mass is 9.95. The molecule has 0 saturated heterocycles. The molecule has 2 rings (SSSR count). The summed E-state index contributed by atoms with van der Waals surface area (Å²) >= 11 is 0. The van der Waals surface area contributed by atoms with E-state index < -0.39 is 17.8 Å². The Morgan fingerprint density at radius 3 is 2.67 bits per heavy atom. The molecule has 2 atom stereocenters. The molecule has 5 nitrogen and oxygen atoms in total. The molecule has 0 aliphatic rings. The number of fused-ring (bicyclic) bond motifs is 1. The van der Waals surface area contributed by atoms with Gasteiger partial charge < -0.3 is 15.4 Å². The number of benzene rings is 1. The molecular weight excluding hydrogens is 268 g/mol. The fraction of sp³-hybridized carbons (Fsp3) is 0.375. The first kappa shape index (κ1) is 15.1. The van der Waals surface area contributed by atoms with E-state index in [0.717, 1.165) is 16.5 Å². The van der Waals surface area contributed by atoms with Crippen LogP contribution in [0.3, 0.4) is 0 Å². The van der Waals surface area contributed by atoms with Crippen molar-refractivity contribution in [3.8, 4) is 0 Å². The van der Waals surface area contributed by atoms with Gasteiger partial charge in [0.2, 0.25) is 5.91 Å². The minimum Gasteiger partial charge on any atom is -0.481 e. The number of hydrogen-bond donors (Lipinski definition) is 3. The molecule has 0 radical (unpaired) electrons. The van der Waals surface area contributed by atoms with Gasteiger partial charge in [0, 0.05) is 29.6 Å². The van der Waals surface area contributed by atoms with Crippen LogP contribution in [0.2, 0.25) is 0 Å². The van der Waals surface area contributed by atoms with Crippen molar-refractivity contribution in [3.05, 3.63) is 36.0 Å². The van der Waals surface area contributed by atoms with Crippen molar-refractivity contribution in [3.63, 3.8) is 0 Å². The smallest absolute Gasteiger partial charge is 0.307 e. The van der Waals surface area contributed by atoms with Crippen LogP contribution in [0.1, 0.15) is 19.4 Å². The van der Waals surface area contributed by atoms with Crippen LogP contribution in [-0.4, -0.2) is 28.5 Å². The third-order valence-corrected chi connectivity index (χ3v) is 3.92. The molecular formula is C16H20N2O3. The lowest BCUT2D eigenvalue weighted by Gasteiger charge is -2.15. The van der Waals surface area contributed by atoms with Gasteiger partial charge in [-0.05, 0) is 18.1 Å². The Bertz CT molecular complexity index is 648. The summed E-state index contributed by atoms with van der Waals surface area (Å²) in [5, 5.41) is 12.9. The van der Waals surface area contributed by atoms with Gasteiger partial charge in [-0.3, -0.25) is 9.59 Å². The summed E-state index contributed by atoms with van der Waals surface area (Å²) < 4.78 is 0. The van der Waals surface area contributed by atoms with Crippen molar-refractivity contribution < 1.29 is 14.7 Å². The molecule has 0 saturated carbocycles. The van der Waals surface area contributed by atoms with E-state index >= 15 is 0 Å². The first-order valence-electron chi connectivity index (χ1n) is 7.06. The third kappa shape index (κ3) is 3.42. The van der Waals surface area contributed by atoms with Gasteiger partial charge in [0.05, 0.1) is 5.92 Å². The van der Waals surface area contributed by atoms with Crippen molar-refractivity contribution in [2.75, 3.05) is 6.54 Å². The van der Waals surface area contributed by atoms with Crippen LogP contribution < -0.4 is 5.32 Å². The van der Waals surface area contributed by atoms with Crippen molar-refractivity contribution >= 4 is 22.8 Å². The number of carboxylic acid groups (broad SMARTS) is 1. The summed E-state index contributed by atoms with van der Waals surface area (Å²) in [6, 6.07) is 8.00. The van der Waals surface area contributed by atoms with E-state index in [-0.39, 0.29) is 5.91 Å². The summed E-state index contributed by atoms with van der Waals surface area (Å²) in [7, 11) is 0. The van der Waals surface area contributed by atoms with E-state index in [0.29, 0.717) is 13.0 Å². The largest absolute Gasteiger partial charge is 0.481 e. The van der Waals surface area contributed by atoms with Gasteiger partial charge in [-0.15, -0.1) is 0 Å². The molecule has 112 valence electrons. The number of nitrogens with one attached hydrogen (secondary N) is 2. The molecule has 5 heteroatoms. The molecule has 0 aliphatic carbocycles. The average molecular weight is 288 g/mol. The molecule has 21 heavy (non-hydrogen) atoms. The normalized spacial score (nSPS) is 13.8.